The third kappa shape index (κ3) is 1.42. The molecule has 1 rings (SSSR count). The van der Waals surface area contributed by atoms with Gasteiger partial charge in [0.2, 0.25) is 0 Å². The molecule has 0 aromatic heterocycles. The normalized spacial score (nSPS) is 43.7. The molecule has 54 valence electrons. The van der Waals surface area contributed by atoms with Gasteiger partial charge in [0, 0.05) is 0 Å². The molecule has 2 atom stereocenters. The van der Waals surface area contributed by atoms with Gasteiger partial charge in [-0.05, 0) is 25.2 Å². The van der Waals surface area contributed by atoms with Gasteiger partial charge < -0.3 is 5.11 Å². The third-order valence-corrected chi connectivity index (χ3v) is 2.08. The first-order chi connectivity index (χ1) is 4.16. The Labute approximate surface area is 54.9 Å². The van der Waals surface area contributed by atoms with Gasteiger partial charge in [-0.15, -0.1) is 0 Å². The summed E-state index contributed by atoms with van der Waals surface area (Å²) in [6.45, 7) is 1.73. The van der Waals surface area contributed by atoms with Crippen molar-refractivity contribution in [3.63, 3.8) is 0 Å². The number of halogens is 1. The van der Waals surface area contributed by atoms with E-state index in [9.17, 15) is 4.39 Å². The monoisotopic (exact) mass is 132 g/mol. The Kier molecular flexibility index (Phi) is 1.75. The first kappa shape index (κ1) is 7.00. The molecule has 0 unspecified atom stereocenters. The number of aliphatic hydroxyl groups excluding tert-OH is 1. The molecule has 1 aliphatic carbocycles. The maximum atomic E-state index is 13.0. The second kappa shape index (κ2) is 2.25. The van der Waals surface area contributed by atoms with Gasteiger partial charge in [-0.3, -0.25) is 0 Å². The molecule has 1 fully saturated rings. The Morgan fingerprint density at radius 1 is 1.78 bits per heavy atom. The predicted octanol–water partition coefficient (Wildman–Crippen LogP) is 1.51. The van der Waals surface area contributed by atoms with Crippen LogP contribution in [-0.2, 0) is 0 Å². The van der Waals surface area contributed by atoms with Crippen LogP contribution in [0.5, 0.6) is 0 Å². The maximum absolute atomic E-state index is 13.0. The van der Waals surface area contributed by atoms with E-state index in [0.717, 1.165) is 6.42 Å². The molecule has 9 heavy (non-hydrogen) atoms. The average molecular weight is 132 g/mol. The van der Waals surface area contributed by atoms with E-state index >= 15 is 0 Å². The van der Waals surface area contributed by atoms with Crippen molar-refractivity contribution < 1.29 is 9.50 Å². The molecular formula is C7H13FO. The SMILES string of the molecule is C[C@H]1CC[C@@](F)(CO)C1. The molecule has 0 aliphatic heterocycles. The van der Waals surface area contributed by atoms with Crippen LogP contribution in [0, 0.1) is 5.92 Å². The lowest BCUT2D eigenvalue weighted by Crippen LogP contribution is -2.23. The summed E-state index contributed by atoms with van der Waals surface area (Å²) in [5.74, 6) is 0.460. The first-order valence-corrected chi connectivity index (χ1v) is 3.46. The van der Waals surface area contributed by atoms with Crippen molar-refractivity contribution in [1.29, 1.82) is 0 Å². The summed E-state index contributed by atoms with van der Waals surface area (Å²) in [5, 5.41) is 8.57. The van der Waals surface area contributed by atoms with Crippen LogP contribution in [0.1, 0.15) is 26.2 Å². The van der Waals surface area contributed by atoms with Crippen LogP contribution in [0.2, 0.25) is 0 Å². The van der Waals surface area contributed by atoms with E-state index in [4.69, 9.17) is 5.11 Å². The van der Waals surface area contributed by atoms with Crippen molar-refractivity contribution in [2.24, 2.45) is 5.92 Å². The second-order valence-corrected chi connectivity index (χ2v) is 3.16. The van der Waals surface area contributed by atoms with Crippen LogP contribution in [0.3, 0.4) is 0 Å². The van der Waals surface area contributed by atoms with E-state index in [1.807, 2.05) is 6.92 Å². The molecule has 0 aromatic rings. The molecule has 0 amide bonds. The smallest absolute Gasteiger partial charge is 0.134 e. The molecule has 0 spiro atoms. The average Bonchev–Trinajstić information content (AvgIpc) is 2.13. The lowest BCUT2D eigenvalue weighted by Gasteiger charge is -2.14. The predicted molar refractivity (Wildman–Crippen MR) is 33.9 cm³/mol. The minimum absolute atomic E-state index is 0.294. The summed E-state index contributed by atoms with van der Waals surface area (Å²) < 4.78 is 13.0. The highest BCUT2D eigenvalue weighted by molar-refractivity contribution is 4.87. The van der Waals surface area contributed by atoms with Crippen molar-refractivity contribution in [2.45, 2.75) is 31.9 Å². The van der Waals surface area contributed by atoms with Gasteiger partial charge in [-0.25, -0.2) is 4.39 Å². The number of hydrogen-bond acceptors (Lipinski definition) is 1. The van der Waals surface area contributed by atoms with Crippen LogP contribution >= 0.6 is 0 Å². The van der Waals surface area contributed by atoms with Gasteiger partial charge in [0.05, 0.1) is 6.61 Å². The summed E-state index contributed by atoms with van der Waals surface area (Å²) in [5.41, 5.74) is -1.24. The third-order valence-electron chi connectivity index (χ3n) is 2.08. The fourth-order valence-electron chi connectivity index (χ4n) is 1.48. The van der Waals surface area contributed by atoms with Crippen LogP contribution in [0.25, 0.3) is 0 Å². The van der Waals surface area contributed by atoms with Crippen LogP contribution in [0.4, 0.5) is 4.39 Å². The van der Waals surface area contributed by atoms with E-state index in [1.54, 1.807) is 0 Å². The van der Waals surface area contributed by atoms with Crippen LogP contribution in [-0.4, -0.2) is 17.4 Å². The summed E-state index contributed by atoms with van der Waals surface area (Å²) in [6.07, 6.45) is 2.02. The molecule has 0 saturated heterocycles. The Hall–Kier alpha value is -0.110. The lowest BCUT2D eigenvalue weighted by atomic mass is 10.0. The number of aliphatic hydroxyl groups is 1. The molecule has 1 nitrogen and oxygen atoms in total. The van der Waals surface area contributed by atoms with E-state index in [2.05, 4.69) is 0 Å². The van der Waals surface area contributed by atoms with Gasteiger partial charge in [0.1, 0.15) is 5.67 Å². The van der Waals surface area contributed by atoms with Gasteiger partial charge >= 0.3 is 0 Å². The summed E-state index contributed by atoms with van der Waals surface area (Å²) in [4.78, 5) is 0. The summed E-state index contributed by atoms with van der Waals surface area (Å²) in [7, 11) is 0. The van der Waals surface area contributed by atoms with Crippen molar-refractivity contribution in [2.75, 3.05) is 6.61 Å². The zero-order valence-corrected chi connectivity index (χ0v) is 5.73. The lowest BCUT2D eigenvalue weighted by molar-refractivity contribution is 0.0743. The minimum atomic E-state index is -1.24. The van der Waals surface area contributed by atoms with Crippen LogP contribution < -0.4 is 0 Å². The molecule has 0 bridgehead atoms. The number of rotatable bonds is 1. The quantitative estimate of drug-likeness (QED) is 0.573. The molecule has 0 radical (unpaired) electrons. The van der Waals surface area contributed by atoms with Crippen molar-refractivity contribution >= 4 is 0 Å². The van der Waals surface area contributed by atoms with E-state index in [1.165, 1.54) is 0 Å². The van der Waals surface area contributed by atoms with Gasteiger partial charge in [-0.2, -0.15) is 0 Å². The topological polar surface area (TPSA) is 20.2 Å². The number of alkyl halides is 1. The standard InChI is InChI=1S/C7H13FO/c1-6-2-3-7(8,4-6)5-9/h6,9H,2-5H2,1H3/t6-,7-/m0/s1. The van der Waals surface area contributed by atoms with Crippen LogP contribution in [0.15, 0.2) is 0 Å². The van der Waals surface area contributed by atoms with E-state index in [-0.39, 0.29) is 6.61 Å². The van der Waals surface area contributed by atoms with Crippen molar-refractivity contribution in [3.8, 4) is 0 Å². The molecule has 0 aromatic carbocycles. The minimum Gasteiger partial charge on any atom is -0.393 e. The molecular weight excluding hydrogens is 119 g/mol. The Morgan fingerprint density at radius 2 is 2.44 bits per heavy atom. The Balaban J connectivity index is 2.45. The highest BCUT2D eigenvalue weighted by Crippen LogP contribution is 2.36. The fraction of sp³-hybridized carbons (Fsp3) is 1.00. The summed E-state index contributed by atoms with van der Waals surface area (Å²) >= 11 is 0. The van der Waals surface area contributed by atoms with E-state index in [0.29, 0.717) is 18.8 Å². The maximum Gasteiger partial charge on any atom is 0.134 e. The first-order valence-electron chi connectivity index (χ1n) is 3.46. The van der Waals surface area contributed by atoms with E-state index < -0.39 is 5.67 Å². The highest BCUT2D eigenvalue weighted by atomic mass is 19.1. The van der Waals surface area contributed by atoms with Gasteiger partial charge in [-0.1, -0.05) is 6.92 Å². The Bertz CT molecular complexity index is 105. The van der Waals surface area contributed by atoms with Gasteiger partial charge in [0.15, 0.2) is 0 Å². The zero-order chi connectivity index (χ0) is 6.91. The highest BCUT2D eigenvalue weighted by Gasteiger charge is 2.36. The second-order valence-electron chi connectivity index (χ2n) is 3.16. The molecule has 2 heteroatoms. The zero-order valence-electron chi connectivity index (χ0n) is 5.73. The molecule has 1 saturated carbocycles. The van der Waals surface area contributed by atoms with Gasteiger partial charge in [0.25, 0.3) is 0 Å². The molecule has 1 N–H and O–H groups in total. The van der Waals surface area contributed by atoms with Crippen molar-refractivity contribution in [1.82, 2.24) is 0 Å². The molecule has 1 aliphatic rings. The van der Waals surface area contributed by atoms with Crippen molar-refractivity contribution in [3.05, 3.63) is 0 Å². The fourth-order valence-corrected chi connectivity index (χ4v) is 1.48. The number of hydrogen-bond donors (Lipinski definition) is 1. The Morgan fingerprint density at radius 3 is 2.67 bits per heavy atom. The summed E-state index contributed by atoms with van der Waals surface area (Å²) in [6, 6.07) is 0. The largest absolute Gasteiger partial charge is 0.393 e. The molecule has 0 heterocycles.